The summed E-state index contributed by atoms with van der Waals surface area (Å²) in [6, 6.07) is 12.0. The Morgan fingerprint density at radius 2 is 1.69 bits per heavy atom. The molecule has 26 heavy (non-hydrogen) atoms. The van der Waals surface area contributed by atoms with E-state index in [-0.39, 0.29) is 12.3 Å². The summed E-state index contributed by atoms with van der Waals surface area (Å²) in [7, 11) is 1.29. The molecule has 134 valence electrons. The van der Waals surface area contributed by atoms with Crippen molar-refractivity contribution in [3.63, 3.8) is 0 Å². The van der Waals surface area contributed by atoms with Gasteiger partial charge in [-0.05, 0) is 49.6 Å². The van der Waals surface area contributed by atoms with Crippen LogP contribution < -0.4 is 5.32 Å². The Hall–Kier alpha value is -3.13. The summed E-state index contributed by atoms with van der Waals surface area (Å²) in [4.78, 5) is 24.9. The summed E-state index contributed by atoms with van der Waals surface area (Å²) in [5.74, 6) is -0.811. The van der Waals surface area contributed by atoms with E-state index >= 15 is 0 Å². The zero-order valence-corrected chi connectivity index (χ0v) is 15.4. The zero-order chi connectivity index (χ0) is 19.3. The van der Waals surface area contributed by atoms with Gasteiger partial charge in [-0.3, -0.25) is 4.79 Å². The van der Waals surface area contributed by atoms with Crippen molar-refractivity contribution in [3.8, 4) is 6.07 Å². The second-order valence-corrected chi connectivity index (χ2v) is 6.34. The van der Waals surface area contributed by atoms with Crippen LogP contribution in [0, 0.1) is 32.1 Å². The van der Waals surface area contributed by atoms with Gasteiger partial charge < -0.3 is 10.1 Å². The van der Waals surface area contributed by atoms with E-state index in [1.54, 1.807) is 24.3 Å². The third-order valence-electron chi connectivity index (χ3n) is 4.22. The normalized spacial score (nSPS) is 11.3. The summed E-state index contributed by atoms with van der Waals surface area (Å²) in [6.07, 6.45) is 0.286. The van der Waals surface area contributed by atoms with Crippen LogP contribution in [-0.4, -0.2) is 25.0 Å². The van der Waals surface area contributed by atoms with Crippen LogP contribution in [0.15, 0.2) is 36.4 Å². The molecule has 0 aliphatic heterocycles. The molecule has 0 aliphatic carbocycles. The molecule has 0 fully saturated rings. The molecule has 1 amide bonds. The molecular formula is C21H22N2O3. The third kappa shape index (κ3) is 4.48. The summed E-state index contributed by atoms with van der Waals surface area (Å²) in [5, 5.41) is 11.7. The van der Waals surface area contributed by atoms with Crippen molar-refractivity contribution in [2.45, 2.75) is 33.2 Å². The maximum atomic E-state index is 12.8. The predicted molar refractivity (Wildman–Crippen MR) is 98.8 cm³/mol. The number of carbonyl (C=O) groups is 2. The molecule has 2 aromatic carbocycles. The second kappa shape index (κ2) is 8.30. The molecule has 2 rings (SSSR count). The number of carbonyl (C=O) groups excluding carboxylic acids is 2. The number of esters is 1. The zero-order valence-electron chi connectivity index (χ0n) is 15.4. The van der Waals surface area contributed by atoms with E-state index in [1.807, 2.05) is 32.9 Å². The smallest absolute Gasteiger partial charge is 0.328 e. The van der Waals surface area contributed by atoms with Gasteiger partial charge in [-0.2, -0.15) is 5.26 Å². The topological polar surface area (TPSA) is 79.2 Å². The molecular weight excluding hydrogens is 328 g/mol. The first-order chi connectivity index (χ1) is 12.3. The summed E-state index contributed by atoms with van der Waals surface area (Å²) in [5.41, 5.74) is 4.75. The lowest BCUT2D eigenvalue weighted by molar-refractivity contribution is -0.142. The van der Waals surface area contributed by atoms with Crippen molar-refractivity contribution in [1.29, 1.82) is 5.26 Å². The highest BCUT2D eigenvalue weighted by Crippen LogP contribution is 2.17. The van der Waals surface area contributed by atoms with Crippen molar-refractivity contribution in [1.82, 2.24) is 5.32 Å². The number of hydrogen-bond donors (Lipinski definition) is 1. The SMILES string of the molecule is COC(=O)[C@H](Cc1ccc(C#N)cc1)NC(=O)c1c(C)cc(C)cc1C. The lowest BCUT2D eigenvalue weighted by Crippen LogP contribution is -2.43. The number of nitriles is 1. The number of methoxy groups -OCH3 is 1. The van der Waals surface area contributed by atoms with Gasteiger partial charge in [0.2, 0.25) is 0 Å². The Morgan fingerprint density at radius 1 is 1.12 bits per heavy atom. The Morgan fingerprint density at radius 3 is 2.19 bits per heavy atom. The summed E-state index contributed by atoms with van der Waals surface area (Å²) >= 11 is 0. The first kappa shape index (κ1) is 19.2. The van der Waals surface area contributed by atoms with Crippen molar-refractivity contribution >= 4 is 11.9 Å². The van der Waals surface area contributed by atoms with Gasteiger partial charge in [-0.25, -0.2) is 4.79 Å². The van der Waals surface area contributed by atoms with Gasteiger partial charge in [0, 0.05) is 12.0 Å². The Balaban J connectivity index is 2.24. The van der Waals surface area contributed by atoms with Crippen LogP contribution in [0.25, 0.3) is 0 Å². The molecule has 1 atom stereocenters. The van der Waals surface area contributed by atoms with Crippen molar-refractivity contribution in [2.24, 2.45) is 0 Å². The second-order valence-electron chi connectivity index (χ2n) is 6.34. The van der Waals surface area contributed by atoms with E-state index < -0.39 is 12.0 Å². The number of nitrogens with one attached hydrogen (secondary N) is 1. The van der Waals surface area contributed by atoms with Crippen molar-refractivity contribution in [3.05, 3.63) is 69.8 Å². The average molecular weight is 350 g/mol. The van der Waals surface area contributed by atoms with Gasteiger partial charge in [0.05, 0.1) is 18.7 Å². The Kier molecular flexibility index (Phi) is 6.13. The van der Waals surface area contributed by atoms with E-state index in [9.17, 15) is 9.59 Å². The fourth-order valence-electron chi connectivity index (χ4n) is 3.06. The molecule has 0 saturated heterocycles. The first-order valence-electron chi connectivity index (χ1n) is 8.31. The predicted octanol–water partition coefficient (Wildman–Crippen LogP) is 3.00. The molecule has 1 N–H and O–H groups in total. The molecule has 0 spiro atoms. The number of rotatable bonds is 5. The Bertz CT molecular complexity index is 841. The highest BCUT2D eigenvalue weighted by molar-refractivity contribution is 5.99. The molecule has 0 unspecified atom stereocenters. The number of amides is 1. The first-order valence-corrected chi connectivity index (χ1v) is 8.31. The maximum Gasteiger partial charge on any atom is 0.328 e. The number of nitrogens with zero attached hydrogens (tertiary/aromatic N) is 1. The number of benzene rings is 2. The Labute approximate surface area is 153 Å². The minimum Gasteiger partial charge on any atom is -0.467 e. The molecule has 0 radical (unpaired) electrons. The van der Waals surface area contributed by atoms with Gasteiger partial charge in [0.25, 0.3) is 5.91 Å². The van der Waals surface area contributed by atoms with Crippen molar-refractivity contribution in [2.75, 3.05) is 7.11 Å². The van der Waals surface area contributed by atoms with Crippen LogP contribution in [0.1, 0.15) is 38.2 Å². The fraction of sp³-hybridized carbons (Fsp3) is 0.286. The molecule has 5 nitrogen and oxygen atoms in total. The van der Waals surface area contributed by atoms with Crippen LogP contribution in [0.2, 0.25) is 0 Å². The molecule has 0 heterocycles. The minimum atomic E-state index is -0.805. The van der Waals surface area contributed by atoms with E-state index in [0.717, 1.165) is 22.3 Å². The van der Waals surface area contributed by atoms with E-state index in [0.29, 0.717) is 11.1 Å². The lowest BCUT2D eigenvalue weighted by Gasteiger charge is -2.18. The molecule has 2 aromatic rings. The third-order valence-corrected chi connectivity index (χ3v) is 4.22. The quantitative estimate of drug-likeness (QED) is 0.841. The number of hydrogen-bond acceptors (Lipinski definition) is 4. The van der Waals surface area contributed by atoms with E-state index in [4.69, 9.17) is 10.00 Å². The largest absolute Gasteiger partial charge is 0.467 e. The van der Waals surface area contributed by atoms with Gasteiger partial charge in [0.15, 0.2) is 0 Å². The highest BCUT2D eigenvalue weighted by atomic mass is 16.5. The van der Waals surface area contributed by atoms with Gasteiger partial charge in [-0.15, -0.1) is 0 Å². The van der Waals surface area contributed by atoms with Crippen LogP contribution in [0.5, 0.6) is 0 Å². The lowest BCUT2D eigenvalue weighted by atomic mass is 9.98. The number of ether oxygens (including phenoxy) is 1. The summed E-state index contributed by atoms with van der Waals surface area (Å²) in [6.45, 7) is 5.73. The number of aryl methyl sites for hydroxylation is 3. The van der Waals surface area contributed by atoms with Crippen molar-refractivity contribution < 1.29 is 14.3 Å². The average Bonchev–Trinajstić information content (AvgIpc) is 2.60. The monoisotopic (exact) mass is 350 g/mol. The van der Waals surface area contributed by atoms with Crippen LogP contribution in [-0.2, 0) is 16.0 Å². The fourth-order valence-corrected chi connectivity index (χ4v) is 3.06. The molecule has 0 bridgehead atoms. The van der Waals surface area contributed by atoms with Crippen LogP contribution in [0.3, 0.4) is 0 Å². The van der Waals surface area contributed by atoms with Gasteiger partial charge in [0.1, 0.15) is 6.04 Å². The highest BCUT2D eigenvalue weighted by Gasteiger charge is 2.24. The molecule has 0 saturated carbocycles. The van der Waals surface area contributed by atoms with E-state index in [1.165, 1.54) is 7.11 Å². The van der Waals surface area contributed by atoms with E-state index in [2.05, 4.69) is 11.4 Å². The molecule has 0 aliphatic rings. The van der Waals surface area contributed by atoms with Gasteiger partial charge >= 0.3 is 5.97 Å². The summed E-state index contributed by atoms with van der Waals surface area (Å²) < 4.78 is 4.84. The molecule has 0 aromatic heterocycles. The maximum absolute atomic E-state index is 12.8. The van der Waals surface area contributed by atoms with Crippen LogP contribution >= 0.6 is 0 Å². The van der Waals surface area contributed by atoms with Crippen LogP contribution in [0.4, 0.5) is 0 Å². The standard InChI is InChI=1S/C21H22N2O3/c1-13-9-14(2)19(15(3)10-13)20(24)23-18(21(25)26-4)11-16-5-7-17(12-22)8-6-16/h5-10,18H,11H2,1-4H3,(H,23,24)/t18-/m0/s1. The molecule has 5 heteroatoms. The minimum absolute atomic E-state index is 0.286. The van der Waals surface area contributed by atoms with Gasteiger partial charge in [-0.1, -0.05) is 29.8 Å².